The average Bonchev–Trinajstić information content (AvgIpc) is 3.68. The van der Waals surface area contributed by atoms with Gasteiger partial charge in [-0.1, -0.05) is 63.2 Å². The van der Waals surface area contributed by atoms with Crippen LogP contribution in [0.3, 0.4) is 0 Å². The van der Waals surface area contributed by atoms with Crippen LogP contribution in [0.15, 0.2) is 78.9 Å². The minimum absolute atomic E-state index is 0.0937. The van der Waals surface area contributed by atoms with Crippen LogP contribution in [0.2, 0.25) is 0 Å². The lowest BCUT2D eigenvalue weighted by Gasteiger charge is -2.46. The van der Waals surface area contributed by atoms with Gasteiger partial charge < -0.3 is 23.8 Å². The second-order valence-electron chi connectivity index (χ2n) is 12.0. The van der Waals surface area contributed by atoms with Gasteiger partial charge in [-0.15, -0.1) is 0 Å². The Balaban J connectivity index is 0.893. The molecule has 0 bridgehead atoms. The number of hydrogen-bond donors (Lipinski definition) is 0. The van der Waals surface area contributed by atoms with Crippen LogP contribution in [0.25, 0.3) is 21.3 Å². The van der Waals surface area contributed by atoms with Crippen molar-refractivity contribution in [3.05, 3.63) is 99.5 Å². The van der Waals surface area contributed by atoms with Gasteiger partial charge in [0.25, 0.3) is 5.91 Å². The maximum absolute atomic E-state index is 13.6. The van der Waals surface area contributed by atoms with Crippen molar-refractivity contribution < 1.29 is 19.1 Å². The molecule has 2 aromatic heterocycles. The maximum atomic E-state index is 13.6. The molecule has 0 radical (unpaired) electrons. The third-order valence-electron chi connectivity index (χ3n) is 9.09. The van der Waals surface area contributed by atoms with E-state index in [4.69, 9.17) is 21.7 Å². The monoisotopic (exact) mass is 683 g/mol. The Morgan fingerprint density at radius 3 is 2.55 bits per heavy atom. The number of carbonyl (C=O) groups is 2. The van der Waals surface area contributed by atoms with Crippen LogP contribution < -0.4 is 9.64 Å². The highest BCUT2D eigenvalue weighted by Gasteiger charge is 2.42. The predicted octanol–water partition coefficient (Wildman–Crippen LogP) is 8.88. The van der Waals surface area contributed by atoms with Crippen LogP contribution >= 0.6 is 32.9 Å². The Hall–Kier alpha value is -3.99. The van der Waals surface area contributed by atoms with E-state index in [1.54, 1.807) is 20.7 Å². The molecule has 10 heteroatoms. The Morgan fingerprint density at radius 1 is 0.936 bits per heavy atom. The molecule has 2 aliphatic heterocycles. The molecule has 0 saturated carbocycles. The summed E-state index contributed by atoms with van der Waals surface area (Å²) in [6, 6.07) is 26.5. The van der Waals surface area contributed by atoms with Crippen molar-refractivity contribution in [2.75, 3.05) is 31.7 Å². The molecule has 0 fully saturated rings. The Bertz CT molecular complexity index is 1960. The summed E-state index contributed by atoms with van der Waals surface area (Å²) in [5.74, 6) is 0.773. The van der Waals surface area contributed by atoms with Crippen LogP contribution in [0.1, 0.15) is 59.9 Å². The second-order valence-corrected chi connectivity index (χ2v) is 14.9. The highest BCUT2D eigenvalue weighted by Crippen LogP contribution is 2.44. The molecule has 5 aromatic rings. The molecular weight excluding hydrogens is 647 g/mol. The molecule has 0 spiro atoms. The zero-order chi connectivity index (χ0) is 32.3. The summed E-state index contributed by atoms with van der Waals surface area (Å²) in [5, 5.41) is 1.26. The largest absolute Gasteiger partial charge is 0.494 e. The van der Waals surface area contributed by atoms with Gasteiger partial charge in [-0.2, -0.15) is 0 Å². The van der Waals surface area contributed by atoms with E-state index in [0.717, 1.165) is 65.0 Å². The van der Waals surface area contributed by atoms with E-state index < -0.39 is 0 Å². The minimum Gasteiger partial charge on any atom is -0.494 e. The highest BCUT2D eigenvalue weighted by atomic mass is 32.9. The number of benzene rings is 3. The summed E-state index contributed by atoms with van der Waals surface area (Å²) in [5.41, 5.74) is 6.58. The number of fused-ring (bicyclic) bond motifs is 6. The summed E-state index contributed by atoms with van der Waals surface area (Å²) < 4.78 is 14.7. The summed E-state index contributed by atoms with van der Waals surface area (Å²) in [4.78, 5) is 31.5. The molecule has 2 aliphatic rings. The van der Waals surface area contributed by atoms with Crippen LogP contribution in [0.4, 0.5) is 5.69 Å². The fraction of sp³-hybridized carbons (Fsp3) is 0.324. The van der Waals surface area contributed by atoms with E-state index in [1.807, 2.05) is 47.4 Å². The molecule has 0 N–H and O–H groups in total. The summed E-state index contributed by atoms with van der Waals surface area (Å²) >= 11 is 5.23. The molecule has 0 saturated heterocycles. The molecule has 7 rings (SSSR count). The molecule has 7 nitrogen and oxygen atoms in total. The number of rotatable bonds is 12. The molecule has 242 valence electrons. The molecule has 3 aromatic carbocycles. The molecule has 1 unspecified atom stereocenters. The van der Waals surface area contributed by atoms with Crippen molar-refractivity contribution in [2.24, 2.45) is 0 Å². The Labute approximate surface area is 287 Å². The molecule has 1 atom stereocenters. The number of ether oxygens (including phenoxy) is 2. The molecule has 4 heterocycles. The van der Waals surface area contributed by atoms with Crippen LogP contribution in [-0.4, -0.2) is 48.1 Å². The molecule has 0 aliphatic carbocycles. The van der Waals surface area contributed by atoms with Crippen molar-refractivity contribution in [1.29, 1.82) is 0 Å². The Morgan fingerprint density at radius 2 is 1.72 bits per heavy atom. The van der Waals surface area contributed by atoms with Gasteiger partial charge in [-0.3, -0.25) is 9.59 Å². The number of unbranched alkanes of at least 4 members (excludes halogenated alkanes) is 2. The lowest BCUT2D eigenvalue weighted by atomic mass is 9.96. The van der Waals surface area contributed by atoms with Crippen molar-refractivity contribution >= 4 is 61.4 Å². The number of aromatic nitrogens is 1. The van der Waals surface area contributed by atoms with Gasteiger partial charge in [-0.05, 0) is 91.8 Å². The second kappa shape index (κ2) is 14.0. The van der Waals surface area contributed by atoms with E-state index in [0.29, 0.717) is 26.2 Å². The van der Waals surface area contributed by atoms with Crippen LogP contribution in [0.5, 0.6) is 5.75 Å². The van der Waals surface area contributed by atoms with Gasteiger partial charge >= 0.3 is 5.97 Å². The normalized spacial score (nSPS) is 15.3. The van der Waals surface area contributed by atoms with E-state index in [2.05, 4.69) is 52.9 Å². The Kier molecular flexibility index (Phi) is 9.42. The van der Waals surface area contributed by atoms with Crippen LogP contribution in [0, 0.1) is 3.82 Å². The predicted molar refractivity (Wildman–Crippen MR) is 192 cm³/mol. The number of nitrogens with zero attached hydrogens (tertiary/aromatic N) is 3. The van der Waals surface area contributed by atoms with Crippen molar-refractivity contribution in [1.82, 2.24) is 9.47 Å². The van der Waals surface area contributed by atoms with E-state index in [-0.39, 0.29) is 18.0 Å². The number of para-hydroxylation sites is 2. The number of amides is 1. The van der Waals surface area contributed by atoms with Crippen molar-refractivity contribution in [3.63, 3.8) is 0 Å². The first-order chi connectivity index (χ1) is 23.0. The van der Waals surface area contributed by atoms with Crippen LogP contribution in [-0.2, 0) is 22.5 Å². The molecular formula is C37H37N3O4S3. The first-order valence-electron chi connectivity index (χ1n) is 16.2. The summed E-state index contributed by atoms with van der Waals surface area (Å²) in [6.45, 7) is 2.45. The number of aryl methyl sites for hydroxylation is 1. The fourth-order valence-corrected chi connectivity index (χ4v) is 9.23. The van der Waals surface area contributed by atoms with E-state index >= 15 is 0 Å². The fourth-order valence-electron chi connectivity index (χ4n) is 6.83. The topological polar surface area (TPSA) is 64.0 Å². The van der Waals surface area contributed by atoms with Gasteiger partial charge in [0.2, 0.25) is 0 Å². The average molecular weight is 684 g/mol. The zero-order valence-corrected chi connectivity index (χ0v) is 28.8. The minimum atomic E-state index is -0.158. The summed E-state index contributed by atoms with van der Waals surface area (Å²) in [7, 11) is 5.39. The first kappa shape index (κ1) is 31.6. The number of esters is 1. The smallest absolute Gasteiger partial charge is 0.305 e. The van der Waals surface area contributed by atoms with Gasteiger partial charge in [0.1, 0.15) is 15.7 Å². The maximum Gasteiger partial charge on any atom is 0.305 e. The van der Waals surface area contributed by atoms with E-state index in [1.165, 1.54) is 27.0 Å². The zero-order valence-electron chi connectivity index (χ0n) is 26.4. The van der Waals surface area contributed by atoms with Gasteiger partial charge in [0, 0.05) is 42.3 Å². The van der Waals surface area contributed by atoms with Gasteiger partial charge in [-0.25, -0.2) is 0 Å². The summed E-state index contributed by atoms with van der Waals surface area (Å²) in [6.07, 6.45) is 4.22. The first-order valence-corrected chi connectivity index (χ1v) is 18.8. The number of anilines is 1. The number of carbonyl (C=O) groups excluding carboxylic acids is 2. The van der Waals surface area contributed by atoms with Gasteiger partial charge in [0.15, 0.2) is 0 Å². The standard InChI is InChI=1S/C37H37N3O4S3/c1-38-30-12-4-3-11-29(30)37(42)40-21-19-28-27-10-2-5-13-31(27)39(35(28)36(38)40)20-7-6-14-33(41)44-23-9-8-22-43-26-17-15-25(16-18-26)32-24-34(45)47-46-32/h2-5,10-13,15-18,24,36H,6-9,14,19-23H2,1H3. The molecule has 47 heavy (non-hydrogen) atoms. The highest BCUT2D eigenvalue weighted by molar-refractivity contribution is 7.80. The third kappa shape index (κ3) is 6.46. The van der Waals surface area contributed by atoms with E-state index in [9.17, 15) is 9.59 Å². The SMILES string of the molecule is CN1c2ccccc2C(=O)N2CCc3c(n(CCCCC(=O)OCCCCOc4ccc(-c5cc(=S)ss5)cc4)c4ccccc34)C21. The lowest BCUT2D eigenvalue weighted by molar-refractivity contribution is -0.143. The van der Waals surface area contributed by atoms with Crippen molar-refractivity contribution in [3.8, 4) is 16.2 Å². The molecule has 1 amide bonds. The van der Waals surface area contributed by atoms with Gasteiger partial charge in [0.05, 0.1) is 30.2 Å². The lowest BCUT2D eigenvalue weighted by Crippen LogP contribution is -2.51. The quantitative estimate of drug-likeness (QED) is 0.0567. The third-order valence-corrected chi connectivity index (χ3v) is 12.0. The number of hydrogen-bond acceptors (Lipinski definition) is 8. The van der Waals surface area contributed by atoms with Crippen molar-refractivity contribution in [2.45, 2.75) is 51.2 Å².